The van der Waals surface area contributed by atoms with E-state index in [0.717, 1.165) is 23.2 Å². The number of hydrogen-bond donors (Lipinski definition) is 3. The van der Waals surface area contributed by atoms with Gasteiger partial charge in [0.2, 0.25) is 5.91 Å². The number of primary amides is 1. The van der Waals surface area contributed by atoms with E-state index in [2.05, 4.69) is 22.1 Å². The Morgan fingerprint density at radius 2 is 2.13 bits per heavy atom. The van der Waals surface area contributed by atoms with Gasteiger partial charge < -0.3 is 20.9 Å². The average molecular weight is 334 g/mol. The summed E-state index contributed by atoms with van der Waals surface area (Å²) in [5.74, 6) is 0.503. The summed E-state index contributed by atoms with van der Waals surface area (Å²) in [5, 5.41) is 6.41. The fourth-order valence-electron chi connectivity index (χ4n) is 2.46. The molecule has 0 spiro atoms. The molecule has 0 aliphatic heterocycles. The Hall–Kier alpha value is -2.15. The number of carbonyl (C=O) groups is 2. The van der Waals surface area contributed by atoms with Crippen molar-refractivity contribution in [1.29, 1.82) is 0 Å². The number of anilines is 1. The lowest BCUT2D eigenvalue weighted by atomic mass is 10.2. The fourth-order valence-corrected chi connectivity index (χ4v) is 2.93. The lowest BCUT2D eigenvalue weighted by molar-refractivity contribution is -0.117. The molecule has 4 N–H and O–H groups in total. The Bertz CT molecular complexity index is 698. The molecule has 2 aromatic rings. The zero-order valence-electron chi connectivity index (χ0n) is 13.3. The Kier molecular flexibility index (Phi) is 5.92. The summed E-state index contributed by atoms with van der Waals surface area (Å²) in [7, 11) is 0. The molecular formula is C16H22N4O2S. The van der Waals surface area contributed by atoms with Gasteiger partial charge in [-0.3, -0.25) is 4.79 Å². The summed E-state index contributed by atoms with van der Waals surface area (Å²) in [6.45, 7) is 2.98. The summed E-state index contributed by atoms with van der Waals surface area (Å²) in [4.78, 5) is 23.4. The highest BCUT2D eigenvalue weighted by Crippen LogP contribution is 2.20. The fraction of sp³-hybridized carbons (Fsp3) is 0.375. The highest BCUT2D eigenvalue weighted by atomic mass is 32.2. The molecule has 1 atom stereocenters. The van der Waals surface area contributed by atoms with Gasteiger partial charge in [0.15, 0.2) is 0 Å². The molecule has 3 amide bonds. The lowest BCUT2D eigenvalue weighted by Gasteiger charge is -2.17. The Labute approximate surface area is 139 Å². The minimum atomic E-state index is -0.693. The summed E-state index contributed by atoms with van der Waals surface area (Å²) in [5.41, 5.74) is 6.98. The molecular weight excluding hydrogens is 312 g/mol. The lowest BCUT2D eigenvalue weighted by Crippen LogP contribution is -2.46. The van der Waals surface area contributed by atoms with Crippen LogP contribution < -0.4 is 16.4 Å². The van der Waals surface area contributed by atoms with Crippen molar-refractivity contribution in [3.8, 4) is 0 Å². The number of nitrogens with one attached hydrogen (secondary N) is 2. The summed E-state index contributed by atoms with van der Waals surface area (Å²) >= 11 is 1.61. The van der Waals surface area contributed by atoms with Gasteiger partial charge in [-0.15, -0.1) is 0 Å². The van der Waals surface area contributed by atoms with Crippen molar-refractivity contribution in [2.45, 2.75) is 25.9 Å². The first-order valence-electron chi connectivity index (χ1n) is 7.49. The number of rotatable bonds is 7. The molecule has 0 saturated carbocycles. The Morgan fingerprint density at radius 3 is 2.78 bits per heavy atom. The molecule has 0 bridgehead atoms. The van der Waals surface area contributed by atoms with Gasteiger partial charge in [-0.1, -0.05) is 0 Å². The van der Waals surface area contributed by atoms with Crippen LogP contribution in [-0.4, -0.2) is 34.6 Å². The molecule has 1 heterocycles. The van der Waals surface area contributed by atoms with Crippen LogP contribution in [0.15, 0.2) is 30.5 Å². The third-order valence-electron chi connectivity index (χ3n) is 3.62. The molecule has 0 fully saturated rings. The van der Waals surface area contributed by atoms with Crippen LogP contribution in [0.4, 0.5) is 10.5 Å². The maximum absolute atomic E-state index is 12.4. The number of aromatic nitrogens is 1. The number of fused-ring (bicyclic) bond motifs is 1. The Morgan fingerprint density at radius 1 is 1.35 bits per heavy atom. The number of amides is 3. The van der Waals surface area contributed by atoms with Crippen LogP contribution in [0.2, 0.25) is 0 Å². The zero-order chi connectivity index (χ0) is 16.8. The van der Waals surface area contributed by atoms with Crippen LogP contribution in [0.25, 0.3) is 10.9 Å². The van der Waals surface area contributed by atoms with E-state index in [9.17, 15) is 9.59 Å². The van der Waals surface area contributed by atoms with Crippen LogP contribution in [0.5, 0.6) is 0 Å². The number of nitrogens with zero attached hydrogens (tertiary/aromatic N) is 1. The number of benzene rings is 1. The van der Waals surface area contributed by atoms with Crippen molar-refractivity contribution in [2.75, 3.05) is 17.3 Å². The molecule has 7 heteroatoms. The molecule has 0 aliphatic rings. The van der Waals surface area contributed by atoms with E-state index in [0.29, 0.717) is 12.1 Å². The van der Waals surface area contributed by atoms with Gasteiger partial charge in [0.25, 0.3) is 0 Å². The Balaban J connectivity index is 2.12. The maximum atomic E-state index is 12.4. The van der Waals surface area contributed by atoms with E-state index < -0.39 is 12.1 Å². The van der Waals surface area contributed by atoms with Crippen molar-refractivity contribution in [1.82, 2.24) is 9.88 Å². The zero-order valence-corrected chi connectivity index (χ0v) is 14.2. The number of thioether (sulfide) groups is 1. The standard InChI is InChI=1S/C16H22N4O2S/c1-3-20-8-6-11-10-12(4-5-14(11)20)18-15(21)13(7-9-23-2)19-16(17)22/h4-6,8,10,13H,3,7,9H2,1-2H3,(H,18,21)(H3,17,19,22)/t13-/m1/s1. The minimum absolute atomic E-state index is 0.257. The molecule has 0 unspecified atom stereocenters. The van der Waals surface area contributed by atoms with Crippen molar-refractivity contribution < 1.29 is 9.59 Å². The first kappa shape index (κ1) is 17.2. The van der Waals surface area contributed by atoms with E-state index in [4.69, 9.17) is 5.73 Å². The predicted octanol–water partition coefficient (Wildman–Crippen LogP) is 2.39. The third-order valence-corrected chi connectivity index (χ3v) is 4.27. The third kappa shape index (κ3) is 4.41. The molecule has 0 radical (unpaired) electrons. The van der Waals surface area contributed by atoms with E-state index >= 15 is 0 Å². The normalized spacial score (nSPS) is 12.1. The first-order valence-corrected chi connectivity index (χ1v) is 8.89. The molecule has 6 nitrogen and oxygen atoms in total. The second-order valence-electron chi connectivity index (χ2n) is 5.21. The van der Waals surface area contributed by atoms with Gasteiger partial charge in [0, 0.05) is 29.3 Å². The SMILES string of the molecule is CCn1ccc2cc(NC(=O)[C@@H](CCSC)NC(N)=O)ccc21. The second-order valence-corrected chi connectivity index (χ2v) is 6.19. The smallest absolute Gasteiger partial charge is 0.312 e. The molecule has 0 aliphatic carbocycles. The molecule has 1 aromatic carbocycles. The number of nitrogens with two attached hydrogens (primary N) is 1. The van der Waals surface area contributed by atoms with Crippen LogP contribution in [0, 0.1) is 0 Å². The van der Waals surface area contributed by atoms with Crippen molar-refractivity contribution in [2.24, 2.45) is 5.73 Å². The van der Waals surface area contributed by atoms with E-state index in [1.807, 2.05) is 36.7 Å². The van der Waals surface area contributed by atoms with Gasteiger partial charge in [0.1, 0.15) is 6.04 Å². The van der Waals surface area contributed by atoms with Crippen LogP contribution in [0.1, 0.15) is 13.3 Å². The highest BCUT2D eigenvalue weighted by molar-refractivity contribution is 7.98. The number of carbonyl (C=O) groups excluding carboxylic acids is 2. The van der Waals surface area contributed by atoms with E-state index in [-0.39, 0.29) is 5.91 Å². The van der Waals surface area contributed by atoms with Crippen molar-refractivity contribution in [3.05, 3.63) is 30.5 Å². The summed E-state index contributed by atoms with van der Waals surface area (Å²) in [6.07, 6.45) is 4.50. The highest BCUT2D eigenvalue weighted by Gasteiger charge is 2.19. The van der Waals surface area contributed by atoms with Crippen LogP contribution >= 0.6 is 11.8 Å². The summed E-state index contributed by atoms with van der Waals surface area (Å²) in [6, 6.07) is 6.46. The molecule has 124 valence electrons. The number of hydrogen-bond acceptors (Lipinski definition) is 3. The van der Waals surface area contributed by atoms with Gasteiger partial charge in [-0.2, -0.15) is 11.8 Å². The van der Waals surface area contributed by atoms with E-state index in [1.165, 1.54) is 0 Å². The maximum Gasteiger partial charge on any atom is 0.312 e. The molecule has 23 heavy (non-hydrogen) atoms. The minimum Gasteiger partial charge on any atom is -0.352 e. The molecule has 0 saturated heterocycles. The monoisotopic (exact) mass is 334 g/mol. The molecule has 1 aromatic heterocycles. The topological polar surface area (TPSA) is 89.2 Å². The number of urea groups is 1. The first-order chi connectivity index (χ1) is 11.0. The van der Waals surface area contributed by atoms with Crippen molar-refractivity contribution in [3.63, 3.8) is 0 Å². The van der Waals surface area contributed by atoms with Crippen LogP contribution in [-0.2, 0) is 11.3 Å². The summed E-state index contributed by atoms with van der Waals surface area (Å²) < 4.78 is 2.14. The van der Waals surface area contributed by atoms with Gasteiger partial charge in [0.05, 0.1) is 0 Å². The van der Waals surface area contributed by atoms with Gasteiger partial charge >= 0.3 is 6.03 Å². The predicted molar refractivity (Wildman–Crippen MR) is 95.7 cm³/mol. The quantitative estimate of drug-likeness (QED) is 0.726. The molecule has 2 rings (SSSR count). The second kappa shape index (κ2) is 7.92. The van der Waals surface area contributed by atoms with Gasteiger partial charge in [-0.25, -0.2) is 4.79 Å². The van der Waals surface area contributed by atoms with Gasteiger partial charge in [-0.05, 0) is 49.6 Å². The van der Waals surface area contributed by atoms with Crippen molar-refractivity contribution >= 4 is 40.3 Å². The van der Waals surface area contributed by atoms with E-state index in [1.54, 1.807) is 11.8 Å². The average Bonchev–Trinajstić information content (AvgIpc) is 2.93. The number of aryl methyl sites for hydroxylation is 1. The van der Waals surface area contributed by atoms with Crippen LogP contribution in [0.3, 0.4) is 0 Å². The largest absolute Gasteiger partial charge is 0.352 e.